The van der Waals surface area contributed by atoms with E-state index >= 15 is 24.0 Å². The number of nitrogens with one attached hydrogen (secondary N) is 10. The topological polar surface area (TPSA) is 591 Å². The zero-order valence-electron chi connectivity index (χ0n) is 68.7. The van der Waals surface area contributed by atoms with Gasteiger partial charge in [-0.1, -0.05) is 79.0 Å². The lowest BCUT2D eigenvalue weighted by Gasteiger charge is -2.48. The minimum absolute atomic E-state index is 0.0358. The van der Waals surface area contributed by atoms with Gasteiger partial charge in [0.1, 0.15) is 101 Å². The number of rotatable bonds is 24. The van der Waals surface area contributed by atoms with E-state index in [1.54, 1.807) is 31.2 Å². The average Bonchev–Trinajstić information content (AvgIpc) is 0.767. The summed E-state index contributed by atoms with van der Waals surface area (Å²) in [6.45, 7) is 5.25. The Morgan fingerprint density at radius 1 is 0.724 bits per heavy atom. The van der Waals surface area contributed by atoms with Gasteiger partial charge in [-0.3, -0.25) is 52.6 Å². The molecule has 21 N–H and O–H groups in total. The molecule has 40 nitrogen and oxygen atoms in total. The van der Waals surface area contributed by atoms with E-state index in [0.717, 1.165) is 66.7 Å². The maximum absolute atomic E-state index is 16.4. The number of fused-ring (bicyclic) bond motifs is 15. The molecule has 7 aliphatic heterocycles. The first-order valence-electron chi connectivity index (χ1n) is 39.8. The van der Waals surface area contributed by atoms with Crippen molar-refractivity contribution in [3.63, 3.8) is 0 Å². The number of halogens is 3. The number of aromatic nitrogens is 2. The average molecular weight is 1820 g/mol. The Hall–Kier alpha value is -11.7. The van der Waals surface area contributed by atoms with E-state index in [1.807, 2.05) is 13.8 Å². The number of nitrogens with zero attached hydrogens (tertiary/aromatic N) is 2. The first-order valence-corrected chi connectivity index (χ1v) is 41.0. The molecule has 43 heteroatoms. The van der Waals surface area contributed by atoms with Crippen molar-refractivity contribution in [1.29, 1.82) is 0 Å². The molecule has 0 saturated carbocycles. The van der Waals surface area contributed by atoms with E-state index in [9.17, 15) is 69.9 Å². The molecule has 18 atom stereocenters. The normalized spacial score (nSPS) is 25.8. The summed E-state index contributed by atoms with van der Waals surface area (Å²) in [5.41, 5.74) is 3.75. The van der Waals surface area contributed by atoms with Crippen molar-refractivity contribution in [2.75, 3.05) is 45.8 Å². The summed E-state index contributed by atoms with van der Waals surface area (Å²) in [4.78, 5) is 156. The summed E-state index contributed by atoms with van der Waals surface area (Å²) in [5, 5.41) is 130. The number of ether oxygens (including phenoxy) is 7. The number of anilines is 1. The molecule has 0 spiro atoms. The van der Waals surface area contributed by atoms with Gasteiger partial charge in [-0.15, -0.1) is 0 Å². The summed E-state index contributed by atoms with van der Waals surface area (Å²) >= 11 is 20.4. The van der Waals surface area contributed by atoms with E-state index in [4.69, 9.17) is 78.5 Å². The Labute approximate surface area is 738 Å². The van der Waals surface area contributed by atoms with Gasteiger partial charge in [-0.25, -0.2) is 10.3 Å². The number of methoxy groups -OCH3 is 1. The molecule has 127 heavy (non-hydrogen) atoms. The number of aromatic hydroxyl groups is 3. The molecule has 678 valence electrons. The molecule has 7 aliphatic rings. The lowest BCUT2D eigenvalue weighted by Crippen LogP contribution is -2.65. The summed E-state index contributed by atoms with van der Waals surface area (Å²) in [5.74, 6) is -16.2. The standard InChI is InChI=1S/C84H94Cl3N13O27/c1-36(2)25-49(89-5)75(112)97-66-68(107)40-11-16-53(47(86)27-40)123-55-29-42-30-56(72(55)127-82-73(71(110)70(109)57(35-101)125-82)126-61-34-84(4,74(111)37(3)122-61)90-20-22-100-21-19-59(93-83(100)119)92-60(106)18-9-38-7-13-43(85)14-8-38)124-54-17-12-41(28-48(54)87)69(108)67-80(117)96-65(81(118)99-121-24-23-120-6)46-31-44(102)32-52(104)62(46)45-26-39(10-15-51(45)103)63(77(114)98-67)95-78(115)64(42)94-76(113)50(33-58(88)105)91-79(66)116/h7-19,21,26-32,36-37,49-50,57,61,63-71,73-74,82,89-90,101-104,107-111H,20,22-25,33-35H2,1-6H3,(H2,88,105)(H,91,116)(H,94,113)(H,95,115)(H,96,117)(H,97,112)(H,98,114)(H,99,118)(H,92,93,106,119). The molecular formula is C84H94Cl3N13O27. The molecule has 18 unspecified atom stereocenters. The van der Waals surface area contributed by atoms with E-state index < -0.39 is 254 Å². The molecule has 1 aromatic heterocycles. The minimum Gasteiger partial charge on any atom is -0.508 e. The molecule has 0 aliphatic carbocycles. The Kier molecular flexibility index (Phi) is 30.5. The van der Waals surface area contributed by atoms with Gasteiger partial charge in [0.15, 0.2) is 23.9 Å². The number of aliphatic hydroxyl groups is 6. The first-order chi connectivity index (χ1) is 60.4. The molecule has 14 rings (SSSR count). The maximum atomic E-state index is 16.4. The van der Waals surface area contributed by atoms with Gasteiger partial charge in [0, 0.05) is 66.6 Å². The van der Waals surface area contributed by atoms with Crippen molar-refractivity contribution in [1.82, 2.24) is 57.6 Å². The highest BCUT2D eigenvalue weighted by molar-refractivity contribution is 6.32. The van der Waals surface area contributed by atoms with Gasteiger partial charge in [0.25, 0.3) is 5.91 Å². The van der Waals surface area contributed by atoms with Crippen LogP contribution in [0.25, 0.3) is 17.2 Å². The van der Waals surface area contributed by atoms with Crippen LogP contribution in [0, 0.1) is 5.92 Å². The second-order valence-corrected chi connectivity index (χ2v) is 32.4. The molecule has 2 saturated heterocycles. The second kappa shape index (κ2) is 41.0. The number of hydrogen-bond donors (Lipinski definition) is 20. The Morgan fingerprint density at radius 2 is 1.38 bits per heavy atom. The number of likely N-dealkylation sites (N-methyl/N-ethyl adjacent to an activating group) is 1. The van der Waals surface area contributed by atoms with Crippen LogP contribution in [0.1, 0.15) is 111 Å². The summed E-state index contributed by atoms with van der Waals surface area (Å²) in [6, 6.07) is 7.56. The van der Waals surface area contributed by atoms with Gasteiger partial charge in [0.2, 0.25) is 59.3 Å². The van der Waals surface area contributed by atoms with E-state index in [0.29, 0.717) is 10.6 Å². The smallest absolute Gasteiger partial charge is 0.349 e. The highest BCUT2D eigenvalue weighted by Gasteiger charge is 2.52. The monoisotopic (exact) mass is 1820 g/mol. The number of hydroxylamine groups is 1. The zero-order chi connectivity index (χ0) is 91.7. The number of phenols is 3. The van der Waals surface area contributed by atoms with Gasteiger partial charge in [-0.05, 0) is 145 Å². The van der Waals surface area contributed by atoms with Crippen LogP contribution in [0.3, 0.4) is 0 Å². The van der Waals surface area contributed by atoms with Crippen molar-refractivity contribution in [3.8, 4) is 57.1 Å². The molecular weight excluding hydrogens is 1730 g/mol. The Bertz CT molecular complexity index is 5400. The van der Waals surface area contributed by atoms with E-state index in [-0.39, 0.29) is 73.3 Å². The quantitative estimate of drug-likeness (QED) is 0.0233. The van der Waals surface area contributed by atoms with Crippen LogP contribution in [-0.4, -0.2) is 228 Å². The van der Waals surface area contributed by atoms with Crippen LogP contribution >= 0.6 is 34.8 Å². The van der Waals surface area contributed by atoms with E-state index in [2.05, 4.69) is 58.3 Å². The van der Waals surface area contributed by atoms with Gasteiger partial charge in [-0.2, -0.15) is 4.98 Å². The third-order valence-corrected chi connectivity index (χ3v) is 22.5. The van der Waals surface area contributed by atoms with Gasteiger partial charge < -0.3 is 133 Å². The lowest BCUT2D eigenvalue weighted by molar-refractivity contribution is -0.334. The number of primary amides is 1. The first kappa shape index (κ1) is 94.5. The molecule has 7 aromatic rings. The fourth-order valence-corrected chi connectivity index (χ4v) is 15.6. The Morgan fingerprint density at radius 3 is 2.02 bits per heavy atom. The predicted molar refractivity (Wildman–Crippen MR) is 449 cm³/mol. The number of benzene rings is 6. The number of carbonyl (C=O) groups excluding carboxylic acids is 9. The highest BCUT2D eigenvalue weighted by Crippen LogP contribution is 2.50. The highest BCUT2D eigenvalue weighted by atomic mass is 35.5. The molecule has 8 heterocycles. The van der Waals surface area contributed by atoms with Crippen molar-refractivity contribution in [2.45, 2.75) is 163 Å². The molecule has 11 bridgehead atoms. The van der Waals surface area contributed by atoms with Crippen molar-refractivity contribution in [3.05, 3.63) is 180 Å². The molecule has 2 fully saturated rings. The van der Waals surface area contributed by atoms with Crippen LogP contribution in [0.4, 0.5) is 5.82 Å². The fourth-order valence-electron chi connectivity index (χ4n) is 15.0. The third kappa shape index (κ3) is 22.1. The summed E-state index contributed by atoms with van der Waals surface area (Å²) in [7, 11) is 2.80. The summed E-state index contributed by atoms with van der Waals surface area (Å²) in [6.07, 6.45) is -15.4. The molecule has 9 amide bonds. The molecule has 6 aromatic carbocycles. The van der Waals surface area contributed by atoms with Crippen molar-refractivity contribution in [2.24, 2.45) is 11.7 Å². The minimum atomic E-state index is -2.40. The second-order valence-electron chi connectivity index (χ2n) is 31.2. The largest absolute Gasteiger partial charge is 0.508 e. The van der Waals surface area contributed by atoms with Crippen LogP contribution < -0.4 is 79.0 Å². The zero-order valence-corrected chi connectivity index (χ0v) is 70.9. The number of aliphatic hydroxyl groups excluding tert-OH is 6. The van der Waals surface area contributed by atoms with Crippen molar-refractivity contribution >= 4 is 99.9 Å². The lowest BCUT2D eigenvalue weighted by atomic mass is 9.85. The molecule has 0 radical (unpaired) electrons. The van der Waals surface area contributed by atoms with Crippen LogP contribution in [0.5, 0.6) is 46.0 Å². The third-order valence-electron chi connectivity index (χ3n) is 21.6. The Balaban J connectivity index is 0.997. The van der Waals surface area contributed by atoms with Crippen LogP contribution in [-0.2, 0) is 73.5 Å². The number of amides is 9. The maximum Gasteiger partial charge on any atom is 0.349 e. The SMILES string of the molecule is CNC(CC(C)C)C(=O)NC1C(=O)NC(CC(N)=O)C(=O)NC2C(=O)NC3C(=O)NC(C(=O)NC(C(=O)NOCCOC)c4cc(O)cc(O)c4-c4cc3ccc4O)C(O)c3ccc(c(Cl)c3)Oc3cc2cc(c3OC2OC(CO)C(O)C(O)C2OC2CC(C)(NCCn3ccc(NC(=O)C=Cc4ccc(Cl)cc4)nc3=O)C(O)C(C)O2)Oc2ccc(cc2Cl)C1O. The number of nitrogens with two attached hydrogens (primary N) is 1. The van der Waals surface area contributed by atoms with Crippen molar-refractivity contribution < 1.29 is 127 Å². The summed E-state index contributed by atoms with van der Waals surface area (Å²) < 4.78 is 45.7. The number of carbonyl (C=O) groups is 9. The van der Waals surface area contributed by atoms with E-state index in [1.165, 1.54) is 62.2 Å². The van der Waals surface area contributed by atoms with Gasteiger partial charge in [0.05, 0.1) is 54.5 Å². The number of phenolic OH excluding ortho intramolecular Hbond substituents is 3. The fraction of sp³-hybridized carbons (Fsp3) is 0.393. The number of hydrogen-bond acceptors (Lipinski definition) is 30. The van der Waals surface area contributed by atoms with Crippen LogP contribution in [0.15, 0.2) is 126 Å². The van der Waals surface area contributed by atoms with Crippen LogP contribution in [0.2, 0.25) is 15.1 Å². The van der Waals surface area contributed by atoms with Gasteiger partial charge >= 0.3 is 5.69 Å². The predicted octanol–water partition coefficient (Wildman–Crippen LogP) is 1.91.